The number of aryl methyl sites for hydroxylation is 1. The fourth-order valence-corrected chi connectivity index (χ4v) is 3.37. The highest BCUT2D eigenvalue weighted by atomic mass is 32.1. The van der Waals surface area contributed by atoms with E-state index in [1.54, 1.807) is 6.20 Å². The molecule has 0 bridgehead atoms. The normalized spacial score (nSPS) is 19.2. The molecule has 2 aromatic heterocycles. The van der Waals surface area contributed by atoms with Crippen LogP contribution in [0.4, 0.5) is 0 Å². The molecule has 1 fully saturated rings. The van der Waals surface area contributed by atoms with Crippen LogP contribution in [0, 0.1) is 0 Å². The van der Waals surface area contributed by atoms with Crippen LogP contribution in [0.2, 0.25) is 0 Å². The van der Waals surface area contributed by atoms with Crippen LogP contribution in [0.25, 0.3) is 0 Å². The van der Waals surface area contributed by atoms with Gasteiger partial charge < -0.3 is 4.90 Å². The Kier molecular flexibility index (Phi) is 3.77. The highest BCUT2D eigenvalue weighted by Gasteiger charge is 2.28. The molecule has 0 spiro atoms. The van der Waals surface area contributed by atoms with E-state index in [2.05, 4.69) is 19.8 Å². The van der Waals surface area contributed by atoms with Crippen LogP contribution in [0.5, 0.6) is 0 Å². The van der Waals surface area contributed by atoms with Crippen molar-refractivity contribution in [1.29, 1.82) is 0 Å². The Morgan fingerprint density at radius 3 is 3.25 bits per heavy atom. The van der Waals surface area contributed by atoms with Crippen LogP contribution < -0.4 is 0 Å². The number of likely N-dealkylation sites (tertiary alicyclic amines) is 1. The fraction of sp³-hybridized carbons (Fsp3) is 0.538. The van der Waals surface area contributed by atoms with Gasteiger partial charge in [0.05, 0.1) is 5.69 Å². The van der Waals surface area contributed by atoms with Gasteiger partial charge in [-0.25, -0.2) is 0 Å². The monoisotopic (exact) mass is 291 g/mol. The van der Waals surface area contributed by atoms with Gasteiger partial charge >= 0.3 is 0 Å². The Labute approximate surface area is 121 Å². The zero-order valence-corrected chi connectivity index (χ0v) is 12.2. The predicted molar refractivity (Wildman–Crippen MR) is 75.8 cm³/mol. The van der Waals surface area contributed by atoms with Crippen LogP contribution >= 0.6 is 11.5 Å². The molecule has 1 N–H and O–H groups in total. The molecule has 7 heteroatoms. The third-order valence-electron chi connectivity index (χ3n) is 3.76. The zero-order chi connectivity index (χ0) is 13.9. The zero-order valence-electron chi connectivity index (χ0n) is 11.4. The minimum absolute atomic E-state index is 0.0704. The quantitative estimate of drug-likeness (QED) is 0.936. The summed E-state index contributed by atoms with van der Waals surface area (Å²) in [5.74, 6) is 0.419. The van der Waals surface area contributed by atoms with Crippen LogP contribution in [-0.2, 0) is 6.42 Å². The Morgan fingerprint density at radius 2 is 2.50 bits per heavy atom. The van der Waals surface area contributed by atoms with Gasteiger partial charge in [-0.1, -0.05) is 11.4 Å². The molecule has 3 rings (SSSR count). The van der Waals surface area contributed by atoms with E-state index in [0.29, 0.717) is 10.8 Å². The number of piperidine rings is 1. The lowest BCUT2D eigenvalue weighted by Gasteiger charge is -2.32. The van der Waals surface area contributed by atoms with Crippen molar-refractivity contribution in [2.45, 2.75) is 32.1 Å². The topological polar surface area (TPSA) is 74.8 Å². The van der Waals surface area contributed by atoms with Gasteiger partial charge in [0.25, 0.3) is 5.91 Å². The molecule has 1 saturated heterocycles. The van der Waals surface area contributed by atoms with Gasteiger partial charge in [0.15, 0.2) is 0 Å². The SMILES string of the molecule is CCc1nnsc1C(=O)N1CCC[C@H](c2ccn[nH]2)C1. The van der Waals surface area contributed by atoms with Gasteiger partial charge in [-0.05, 0) is 36.9 Å². The molecule has 2 aromatic rings. The number of aromatic nitrogens is 4. The number of carbonyl (C=O) groups is 1. The molecule has 6 nitrogen and oxygen atoms in total. The first-order valence-electron chi connectivity index (χ1n) is 6.89. The first-order valence-corrected chi connectivity index (χ1v) is 7.66. The lowest BCUT2D eigenvalue weighted by atomic mass is 9.95. The first kappa shape index (κ1) is 13.2. The van der Waals surface area contributed by atoms with Crippen molar-refractivity contribution < 1.29 is 4.79 Å². The van der Waals surface area contributed by atoms with Crippen molar-refractivity contribution in [2.24, 2.45) is 0 Å². The maximum atomic E-state index is 12.6. The van der Waals surface area contributed by atoms with Gasteiger partial charge in [0.1, 0.15) is 4.88 Å². The summed E-state index contributed by atoms with van der Waals surface area (Å²) in [7, 11) is 0. The van der Waals surface area contributed by atoms with E-state index in [1.807, 2.05) is 17.9 Å². The number of aromatic amines is 1. The maximum Gasteiger partial charge on any atom is 0.267 e. The first-order chi connectivity index (χ1) is 9.79. The summed E-state index contributed by atoms with van der Waals surface area (Å²) in [5, 5.41) is 11.0. The molecule has 3 heterocycles. The summed E-state index contributed by atoms with van der Waals surface area (Å²) in [6.45, 7) is 3.55. The van der Waals surface area contributed by atoms with E-state index in [0.717, 1.165) is 43.7 Å². The molecule has 106 valence electrons. The molecule has 0 radical (unpaired) electrons. The molecular weight excluding hydrogens is 274 g/mol. The number of rotatable bonds is 3. The van der Waals surface area contributed by atoms with Crippen LogP contribution in [0.3, 0.4) is 0 Å². The van der Waals surface area contributed by atoms with Gasteiger partial charge in [-0.15, -0.1) is 5.10 Å². The summed E-state index contributed by atoms with van der Waals surface area (Å²) >= 11 is 1.20. The Hall–Kier alpha value is -1.76. The number of nitrogens with zero attached hydrogens (tertiary/aromatic N) is 4. The lowest BCUT2D eigenvalue weighted by Crippen LogP contribution is -2.39. The van der Waals surface area contributed by atoms with E-state index < -0.39 is 0 Å². The summed E-state index contributed by atoms with van der Waals surface area (Å²) in [4.78, 5) is 15.2. The van der Waals surface area contributed by atoms with Crippen molar-refractivity contribution in [1.82, 2.24) is 24.7 Å². The van der Waals surface area contributed by atoms with Gasteiger partial charge in [-0.3, -0.25) is 9.89 Å². The Morgan fingerprint density at radius 1 is 1.60 bits per heavy atom. The molecular formula is C13H17N5OS. The van der Waals surface area contributed by atoms with Crippen LogP contribution in [0.15, 0.2) is 12.3 Å². The Bertz CT molecular complexity index is 579. The number of hydrogen-bond donors (Lipinski definition) is 1. The second-order valence-corrected chi connectivity index (χ2v) is 5.76. The third-order valence-corrected chi connectivity index (χ3v) is 4.51. The molecule has 0 aromatic carbocycles. The van der Waals surface area contributed by atoms with Crippen LogP contribution in [0.1, 0.15) is 46.7 Å². The molecule has 1 aliphatic heterocycles. The second kappa shape index (κ2) is 5.70. The van der Waals surface area contributed by atoms with E-state index >= 15 is 0 Å². The molecule has 20 heavy (non-hydrogen) atoms. The summed E-state index contributed by atoms with van der Waals surface area (Å²) in [6.07, 6.45) is 4.62. The highest BCUT2D eigenvalue weighted by molar-refractivity contribution is 7.08. The Balaban J connectivity index is 1.75. The predicted octanol–water partition coefficient (Wildman–Crippen LogP) is 1.84. The minimum Gasteiger partial charge on any atom is -0.337 e. The molecule has 0 saturated carbocycles. The van der Waals surface area contributed by atoms with Crippen molar-refractivity contribution in [2.75, 3.05) is 13.1 Å². The molecule has 0 unspecified atom stereocenters. The van der Waals surface area contributed by atoms with E-state index in [1.165, 1.54) is 11.5 Å². The smallest absolute Gasteiger partial charge is 0.267 e. The summed E-state index contributed by atoms with van der Waals surface area (Å²) < 4.78 is 3.91. The maximum absolute atomic E-state index is 12.6. The number of nitrogens with one attached hydrogen (secondary N) is 1. The number of H-pyrrole nitrogens is 1. The standard InChI is InChI=1S/C13H17N5OS/c1-2-10-12(20-17-16-10)13(19)18-7-3-4-9(8-18)11-5-6-14-15-11/h5-6,9H,2-4,7-8H2,1H3,(H,14,15)/t9-/m0/s1. The molecule has 0 aliphatic carbocycles. The van der Waals surface area contributed by atoms with Crippen molar-refractivity contribution >= 4 is 17.4 Å². The van der Waals surface area contributed by atoms with Gasteiger partial charge in [0.2, 0.25) is 0 Å². The fourth-order valence-electron chi connectivity index (χ4n) is 2.66. The molecule has 1 amide bonds. The summed E-state index contributed by atoms with van der Waals surface area (Å²) in [5.41, 5.74) is 1.92. The third kappa shape index (κ3) is 2.45. The minimum atomic E-state index is 0.0704. The number of hydrogen-bond acceptors (Lipinski definition) is 5. The molecule has 1 aliphatic rings. The van der Waals surface area contributed by atoms with E-state index in [9.17, 15) is 4.79 Å². The lowest BCUT2D eigenvalue weighted by molar-refractivity contribution is 0.0709. The number of amides is 1. The van der Waals surface area contributed by atoms with Crippen LogP contribution in [-0.4, -0.2) is 43.7 Å². The largest absolute Gasteiger partial charge is 0.337 e. The van der Waals surface area contributed by atoms with Crippen molar-refractivity contribution in [3.8, 4) is 0 Å². The van der Waals surface area contributed by atoms with E-state index in [-0.39, 0.29) is 5.91 Å². The average molecular weight is 291 g/mol. The second-order valence-electron chi connectivity index (χ2n) is 5.00. The molecule has 1 atom stereocenters. The van der Waals surface area contributed by atoms with E-state index in [4.69, 9.17) is 0 Å². The van der Waals surface area contributed by atoms with Gasteiger partial charge in [0, 0.05) is 30.9 Å². The number of carbonyl (C=O) groups excluding carboxylic acids is 1. The average Bonchev–Trinajstić information content (AvgIpc) is 3.17. The summed E-state index contributed by atoms with van der Waals surface area (Å²) in [6, 6.07) is 1.99. The van der Waals surface area contributed by atoms with Crippen molar-refractivity contribution in [3.63, 3.8) is 0 Å². The van der Waals surface area contributed by atoms with Crippen molar-refractivity contribution in [3.05, 3.63) is 28.5 Å². The van der Waals surface area contributed by atoms with Gasteiger partial charge in [-0.2, -0.15) is 5.10 Å². The highest BCUT2D eigenvalue weighted by Crippen LogP contribution is 2.27.